The molecule has 0 unspecified atom stereocenters. The first kappa shape index (κ1) is 32.7. The van der Waals surface area contributed by atoms with E-state index in [4.69, 9.17) is 10.8 Å². The largest absolute Gasteiger partial charge is 0.503 e. The van der Waals surface area contributed by atoms with Gasteiger partial charge in [-0.05, 0) is 64.3 Å². The summed E-state index contributed by atoms with van der Waals surface area (Å²) in [7, 11) is 5.48. The van der Waals surface area contributed by atoms with Gasteiger partial charge in [-0.1, -0.05) is 23.9 Å². The number of hydrogen-bond donors (Lipinski definition) is 5. The highest BCUT2D eigenvalue weighted by Gasteiger charge is 2.40. The summed E-state index contributed by atoms with van der Waals surface area (Å²) in [5.41, 5.74) is 0.181. The van der Waals surface area contributed by atoms with Crippen LogP contribution in [0.5, 0.6) is 5.75 Å². The number of H-pyrrole nitrogens is 1. The van der Waals surface area contributed by atoms with Crippen molar-refractivity contribution in [2.45, 2.75) is 51.6 Å². The van der Waals surface area contributed by atoms with Crippen LogP contribution in [-0.2, 0) is 16.0 Å². The third kappa shape index (κ3) is 8.25. The van der Waals surface area contributed by atoms with Gasteiger partial charge in [-0.15, -0.1) is 0 Å². The number of aromatic amines is 1. The maximum atomic E-state index is 12.8. The zero-order chi connectivity index (χ0) is 30.0. The van der Waals surface area contributed by atoms with Crippen LogP contribution in [0.3, 0.4) is 0 Å². The molecule has 2 aromatic rings. The Hall–Kier alpha value is -3.51. The van der Waals surface area contributed by atoms with Gasteiger partial charge in [0.15, 0.2) is 5.75 Å². The lowest BCUT2D eigenvalue weighted by atomic mass is 9.80. The van der Waals surface area contributed by atoms with Crippen molar-refractivity contribution in [2.75, 3.05) is 27.7 Å². The topological polar surface area (TPSA) is 153 Å². The highest BCUT2D eigenvalue weighted by atomic mass is 32.2. The second kappa shape index (κ2) is 14.8. The number of carbonyl (C=O) groups excluding carboxylic acids is 2. The van der Waals surface area contributed by atoms with Crippen molar-refractivity contribution >= 4 is 34.2 Å². The van der Waals surface area contributed by atoms with Gasteiger partial charge in [0.05, 0.1) is 22.0 Å². The number of halogens is 1. The van der Waals surface area contributed by atoms with E-state index in [9.17, 15) is 23.9 Å². The molecule has 3 rings (SSSR count). The Morgan fingerprint density at radius 3 is 2.35 bits per heavy atom. The van der Waals surface area contributed by atoms with Crippen molar-refractivity contribution in [3.63, 3.8) is 0 Å². The minimum Gasteiger partial charge on any atom is -0.503 e. The van der Waals surface area contributed by atoms with E-state index in [2.05, 4.69) is 10.3 Å². The fraction of sp³-hybridized carbons (Fsp3) is 0.464. The van der Waals surface area contributed by atoms with Crippen LogP contribution in [0.1, 0.15) is 49.4 Å². The molecule has 1 fully saturated rings. The molecule has 12 heteroatoms. The minimum absolute atomic E-state index is 0.0111. The predicted molar refractivity (Wildman–Crippen MR) is 157 cm³/mol. The zero-order valence-electron chi connectivity index (χ0n) is 23.6. The fourth-order valence-corrected chi connectivity index (χ4v) is 5.40. The second-order valence-corrected chi connectivity index (χ2v) is 10.9. The molecule has 40 heavy (non-hydrogen) atoms. The molecule has 0 spiro atoms. The summed E-state index contributed by atoms with van der Waals surface area (Å²) in [5.74, 6) is -0.467. The van der Waals surface area contributed by atoms with Gasteiger partial charge in [0, 0.05) is 39.2 Å². The number of thioether (sulfide) groups is 1. The molecular weight excluding hydrogens is 535 g/mol. The first-order chi connectivity index (χ1) is 18.9. The number of aryl methyl sites for hydroxylation is 1. The molecule has 218 valence electrons. The van der Waals surface area contributed by atoms with E-state index in [1.807, 2.05) is 18.9 Å². The molecule has 1 aromatic carbocycles. The number of amides is 2. The van der Waals surface area contributed by atoms with Crippen LogP contribution >= 0.6 is 11.8 Å². The average molecular weight is 575 g/mol. The Balaban J connectivity index is 0.000000286. The number of carbonyl (C=O) groups is 2. The van der Waals surface area contributed by atoms with Gasteiger partial charge in [0.2, 0.25) is 17.7 Å². The van der Waals surface area contributed by atoms with Gasteiger partial charge >= 0.3 is 0 Å². The van der Waals surface area contributed by atoms with Crippen LogP contribution in [0.2, 0.25) is 0 Å². The number of rotatable bonds is 8. The number of nitrogens with one attached hydrogen (secondary N) is 4. The summed E-state index contributed by atoms with van der Waals surface area (Å²) >= 11 is 0.822. The zero-order valence-corrected chi connectivity index (χ0v) is 24.5. The smallest absolute Gasteiger partial charge is 0.233 e. The van der Waals surface area contributed by atoms with Crippen LogP contribution in [-0.4, -0.2) is 75.6 Å². The summed E-state index contributed by atoms with van der Waals surface area (Å²) in [5, 5.41) is 28.7. The molecule has 10 nitrogen and oxygen atoms in total. The van der Waals surface area contributed by atoms with Crippen molar-refractivity contribution < 1.29 is 19.1 Å². The van der Waals surface area contributed by atoms with Gasteiger partial charge in [-0.2, -0.15) is 0 Å². The molecule has 5 N–H and O–H groups in total. The number of hydrogen-bond acceptors (Lipinski definition) is 8. The SMILES string of the molecule is CCN(C=O)C1(NC)CCC(C(=O)N(C)C)CC1.Cc1[nH]cc(C(=N)SC(=N)Cc2ccc(F)cc2)c(=O)c1O. The van der Waals surface area contributed by atoms with Gasteiger partial charge in [-0.3, -0.25) is 30.5 Å². The summed E-state index contributed by atoms with van der Waals surface area (Å²) in [6, 6.07) is 5.75. The van der Waals surface area contributed by atoms with Gasteiger partial charge in [0.1, 0.15) is 10.9 Å². The van der Waals surface area contributed by atoms with Crippen LogP contribution in [0.4, 0.5) is 4.39 Å². The van der Waals surface area contributed by atoms with Crippen molar-refractivity contribution in [1.82, 2.24) is 20.1 Å². The number of pyridine rings is 1. The van der Waals surface area contributed by atoms with Crippen LogP contribution < -0.4 is 10.7 Å². The van der Waals surface area contributed by atoms with Gasteiger partial charge < -0.3 is 19.9 Å². The van der Waals surface area contributed by atoms with E-state index in [1.54, 1.807) is 38.1 Å². The van der Waals surface area contributed by atoms with Gasteiger partial charge in [-0.25, -0.2) is 4.39 Å². The molecule has 0 aliphatic heterocycles. The lowest BCUT2D eigenvalue weighted by Crippen LogP contribution is -2.59. The molecule has 2 amide bonds. The Bertz CT molecular complexity index is 1260. The van der Waals surface area contributed by atoms with E-state index in [-0.39, 0.29) is 45.4 Å². The highest BCUT2D eigenvalue weighted by molar-refractivity contribution is 8.26. The summed E-state index contributed by atoms with van der Waals surface area (Å²) in [6.45, 7) is 4.22. The normalized spacial score (nSPS) is 18.2. The summed E-state index contributed by atoms with van der Waals surface area (Å²) < 4.78 is 12.8. The third-order valence-corrected chi connectivity index (χ3v) is 7.90. The van der Waals surface area contributed by atoms with Crippen molar-refractivity contribution in [3.05, 3.63) is 63.3 Å². The predicted octanol–water partition coefficient (Wildman–Crippen LogP) is 3.47. The molecule has 1 saturated carbocycles. The number of aromatic nitrogens is 1. The number of nitrogens with zero attached hydrogens (tertiary/aromatic N) is 2. The molecule has 1 aliphatic rings. The lowest BCUT2D eigenvalue weighted by molar-refractivity contribution is -0.136. The standard InChI is InChI=1S/C15H14FN3O2S.C13H25N3O2/c1-8-13(20)14(21)11(7-19-8)15(18)22-12(17)6-9-2-4-10(16)5-3-9;1-5-16(10-17)13(14-2)8-6-11(7-9-13)12(18)15(3)4/h2-5,7,17-18,20H,6H2,1H3,(H,19,21);10-11,14H,5-9H2,1-4H3. The quantitative estimate of drug-likeness (QED) is 0.141. The van der Waals surface area contributed by atoms with E-state index < -0.39 is 11.2 Å². The van der Waals surface area contributed by atoms with E-state index >= 15 is 0 Å². The molecule has 0 saturated heterocycles. The minimum atomic E-state index is -0.636. The Morgan fingerprint density at radius 2 is 1.85 bits per heavy atom. The molecule has 0 radical (unpaired) electrons. The molecule has 0 bridgehead atoms. The first-order valence-electron chi connectivity index (χ1n) is 13.0. The number of benzene rings is 1. The van der Waals surface area contributed by atoms with Gasteiger partial charge in [0.25, 0.3) is 0 Å². The first-order valence-corrected chi connectivity index (χ1v) is 13.8. The second-order valence-electron chi connectivity index (χ2n) is 9.84. The van der Waals surface area contributed by atoms with Crippen LogP contribution in [0.15, 0.2) is 35.3 Å². The number of aromatic hydroxyl groups is 1. The molecule has 1 aromatic heterocycles. The summed E-state index contributed by atoms with van der Waals surface area (Å²) in [6.07, 6.45) is 5.83. The van der Waals surface area contributed by atoms with Crippen molar-refractivity contribution in [3.8, 4) is 5.75 Å². The lowest BCUT2D eigenvalue weighted by Gasteiger charge is -2.46. The molecule has 0 atom stereocenters. The van der Waals surface area contributed by atoms with E-state index in [0.717, 1.165) is 49.4 Å². The average Bonchev–Trinajstić information content (AvgIpc) is 2.93. The highest BCUT2D eigenvalue weighted by Crippen LogP contribution is 2.34. The van der Waals surface area contributed by atoms with Crippen LogP contribution in [0.25, 0.3) is 0 Å². The van der Waals surface area contributed by atoms with Crippen molar-refractivity contribution in [2.24, 2.45) is 5.92 Å². The summed E-state index contributed by atoms with van der Waals surface area (Å²) in [4.78, 5) is 41.1. The molecule has 1 heterocycles. The van der Waals surface area contributed by atoms with Crippen molar-refractivity contribution in [1.29, 1.82) is 10.8 Å². The Labute approximate surface area is 238 Å². The van der Waals surface area contributed by atoms with E-state index in [0.29, 0.717) is 12.2 Å². The van der Waals surface area contributed by atoms with Crippen LogP contribution in [0, 0.1) is 29.5 Å². The molecule has 1 aliphatic carbocycles. The maximum absolute atomic E-state index is 12.8. The maximum Gasteiger partial charge on any atom is 0.233 e. The monoisotopic (exact) mass is 574 g/mol. The fourth-order valence-electron chi connectivity index (χ4n) is 4.65. The van der Waals surface area contributed by atoms with E-state index in [1.165, 1.54) is 18.3 Å². The Morgan fingerprint density at radius 1 is 1.25 bits per heavy atom. The third-order valence-electron chi connectivity index (χ3n) is 7.08. The molecular formula is C28H39FN6O4S. The Kier molecular flexibility index (Phi) is 12.1.